The van der Waals surface area contributed by atoms with Gasteiger partial charge in [-0.3, -0.25) is 0 Å². The molecule has 0 aliphatic rings. The van der Waals surface area contributed by atoms with Gasteiger partial charge in [-0.15, -0.1) is 0 Å². The highest BCUT2D eigenvalue weighted by atomic mass is 16.8. The van der Waals surface area contributed by atoms with E-state index in [-0.39, 0.29) is 52.9 Å². The van der Waals surface area contributed by atoms with Crippen LogP contribution in [0.25, 0.3) is 0 Å². The molecule has 0 aromatic rings. The predicted octanol–water partition coefficient (Wildman–Crippen LogP) is 6.59. The van der Waals surface area contributed by atoms with Crippen molar-refractivity contribution in [3.63, 3.8) is 0 Å². The molecule has 20 heteroatoms. The lowest BCUT2D eigenvalue weighted by Crippen LogP contribution is -2.15. The number of rotatable bonds is 16. The average molecular weight is 745 g/mol. The fraction of sp³-hybridized carbons (Fsp3) is 0.250. The van der Waals surface area contributed by atoms with Gasteiger partial charge in [-0.25, -0.2) is 38.4 Å². The quantitative estimate of drug-likeness (QED) is 0.0699. The molecular weight excluding hydrogens is 704 g/mol. The van der Waals surface area contributed by atoms with Crippen molar-refractivity contribution in [2.24, 2.45) is 0 Å². The summed E-state index contributed by atoms with van der Waals surface area (Å²) in [6.45, 7) is 26.2. The maximum atomic E-state index is 10.6. The van der Waals surface area contributed by atoms with Gasteiger partial charge in [0, 0.05) is 0 Å². The van der Waals surface area contributed by atoms with Crippen LogP contribution < -0.4 is 0 Å². The van der Waals surface area contributed by atoms with Gasteiger partial charge >= 0.3 is 49.2 Å². The lowest BCUT2D eigenvalue weighted by molar-refractivity contribution is 0.0438. The molecule has 0 atom stereocenters. The normalized spacial score (nSPS) is 8.31. The van der Waals surface area contributed by atoms with Gasteiger partial charge in [-0.2, -0.15) is 0 Å². The smallest absolute Gasteiger partial charge is 0.430 e. The van der Waals surface area contributed by atoms with Crippen LogP contribution in [0.15, 0.2) is 101 Å². The van der Waals surface area contributed by atoms with Crippen molar-refractivity contribution in [1.29, 1.82) is 0 Å². The molecule has 0 aromatic heterocycles. The van der Waals surface area contributed by atoms with E-state index in [2.05, 4.69) is 109 Å². The van der Waals surface area contributed by atoms with Crippen molar-refractivity contribution in [2.75, 3.05) is 52.9 Å². The summed E-state index contributed by atoms with van der Waals surface area (Å²) in [5, 5.41) is 0. The molecule has 0 N–H and O–H groups in total. The summed E-state index contributed by atoms with van der Waals surface area (Å²) in [5.74, 6) is 0. The fourth-order valence-corrected chi connectivity index (χ4v) is 1.52. The van der Waals surface area contributed by atoms with Crippen molar-refractivity contribution in [3.8, 4) is 0 Å². The average Bonchev–Trinajstić information content (AvgIpc) is 3.11. The van der Waals surface area contributed by atoms with Gasteiger partial charge in [0.25, 0.3) is 0 Å². The lowest BCUT2D eigenvalue weighted by atomic mass is 10.7. The first-order valence-corrected chi connectivity index (χ1v) is 13.7. The molecular formula is C32H40O20. The molecule has 288 valence electrons. The zero-order valence-corrected chi connectivity index (χ0v) is 28.1. The molecule has 0 amide bonds. The Bertz CT molecular complexity index is 930. The van der Waals surface area contributed by atoms with E-state index in [4.69, 9.17) is 0 Å². The Kier molecular flexibility index (Phi) is 39.8. The Hall–Kier alpha value is -7.12. The first-order valence-electron chi connectivity index (χ1n) is 13.7. The molecule has 0 saturated carbocycles. The van der Waals surface area contributed by atoms with E-state index in [0.717, 1.165) is 0 Å². The van der Waals surface area contributed by atoms with Gasteiger partial charge in [0.1, 0.15) is 52.9 Å². The zero-order chi connectivity index (χ0) is 40.4. The molecule has 0 heterocycles. The summed E-state index contributed by atoms with van der Waals surface area (Å²) in [6, 6.07) is 0. The molecule has 0 saturated heterocycles. The number of carbonyl (C=O) groups excluding carboxylic acids is 8. The minimum atomic E-state index is -1.12. The minimum Gasteiger partial charge on any atom is -0.430 e. The van der Waals surface area contributed by atoms with Gasteiger partial charge in [-0.05, 0) is 0 Å². The summed E-state index contributed by atoms with van der Waals surface area (Å²) >= 11 is 0. The molecule has 0 aliphatic heterocycles. The third kappa shape index (κ3) is 45.0. The van der Waals surface area contributed by atoms with Gasteiger partial charge in [0.15, 0.2) is 0 Å². The highest BCUT2D eigenvalue weighted by Crippen LogP contribution is 1.93. The molecule has 0 bridgehead atoms. The Labute approximate surface area is 298 Å². The van der Waals surface area contributed by atoms with E-state index < -0.39 is 49.2 Å². The molecule has 0 aliphatic carbocycles. The Morgan fingerprint density at radius 3 is 0.423 bits per heavy atom. The first kappa shape index (κ1) is 51.7. The largest absolute Gasteiger partial charge is 0.518 e. The van der Waals surface area contributed by atoms with E-state index in [1.165, 1.54) is 48.6 Å². The summed E-state index contributed by atoms with van der Waals surface area (Å²) in [7, 11) is 0. The molecule has 0 rings (SSSR count). The Morgan fingerprint density at radius 1 is 0.250 bits per heavy atom. The Morgan fingerprint density at radius 2 is 0.346 bits per heavy atom. The van der Waals surface area contributed by atoms with Crippen molar-refractivity contribution >= 4 is 49.2 Å². The van der Waals surface area contributed by atoms with Crippen LogP contribution in [0.1, 0.15) is 0 Å². The van der Waals surface area contributed by atoms with E-state index in [0.29, 0.717) is 0 Å². The predicted molar refractivity (Wildman–Crippen MR) is 177 cm³/mol. The second-order valence-corrected chi connectivity index (χ2v) is 7.21. The highest BCUT2D eigenvalue weighted by Gasteiger charge is 2.13. The number of ether oxygens (including phenoxy) is 12. The third-order valence-corrected chi connectivity index (χ3v) is 3.22. The first-order chi connectivity index (χ1) is 24.8. The zero-order valence-electron chi connectivity index (χ0n) is 28.1. The molecule has 0 radical (unpaired) electrons. The SMILES string of the molecule is C=CCOC(=O)OC(=O)OCC=C.C=CCOC(=O)OC(=O)OCC=C.C=CCOC(=O)OC(=O)OCC=C.C=CCOC(=O)OC(=O)OCC=C. The van der Waals surface area contributed by atoms with Crippen LogP contribution in [0, 0.1) is 0 Å². The summed E-state index contributed by atoms with van der Waals surface area (Å²) in [5.41, 5.74) is 0. The monoisotopic (exact) mass is 744 g/mol. The van der Waals surface area contributed by atoms with Crippen LogP contribution in [0.2, 0.25) is 0 Å². The second-order valence-electron chi connectivity index (χ2n) is 7.21. The summed E-state index contributed by atoms with van der Waals surface area (Å²) in [4.78, 5) is 84.5. The van der Waals surface area contributed by atoms with E-state index in [1.807, 2.05) is 0 Å². The van der Waals surface area contributed by atoms with E-state index in [9.17, 15) is 38.4 Å². The molecule has 0 aromatic carbocycles. The van der Waals surface area contributed by atoms with Crippen LogP contribution in [0.3, 0.4) is 0 Å². The van der Waals surface area contributed by atoms with Crippen molar-refractivity contribution < 1.29 is 95.2 Å². The number of hydrogen-bond acceptors (Lipinski definition) is 20. The highest BCUT2D eigenvalue weighted by molar-refractivity contribution is 5.78. The molecule has 20 nitrogen and oxygen atoms in total. The van der Waals surface area contributed by atoms with E-state index in [1.54, 1.807) is 0 Å². The van der Waals surface area contributed by atoms with Crippen molar-refractivity contribution in [3.05, 3.63) is 101 Å². The second kappa shape index (κ2) is 40.1. The topological polar surface area (TPSA) is 247 Å². The van der Waals surface area contributed by atoms with Crippen LogP contribution >= 0.6 is 0 Å². The van der Waals surface area contributed by atoms with Crippen LogP contribution in [-0.2, 0) is 56.8 Å². The Balaban J connectivity index is -0.000000295. The standard InChI is InChI=1S/4C8H10O5/c4*1-3-5-11-7(9)13-8(10)12-6-4-2/h4*3-4H,1-2,5-6H2. The maximum absolute atomic E-state index is 10.6. The molecule has 0 unspecified atom stereocenters. The van der Waals surface area contributed by atoms with Gasteiger partial charge in [0.05, 0.1) is 0 Å². The molecule has 0 fully saturated rings. The lowest BCUT2D eigenvalue weighted by Gasteiger charge is -2.01. The van der Waals surface area contributed by atoms with Crippen molar-refractivity contribution in [2.45, 2.75) is 0 Å². The van der Waals surface area contributed by atoms with Gasteiger partial charge in [-0.1, -0.05) is 101 Å². The summed E-state index contributed by atoms with van der Waals surface area (Å²) in [6.07, 6.45) is 1.82. The minimum absolute atomic E-state index is 0.0203. The number of hydrogen-bond donors (Lipinski definition) is 0. The van der Waals surface area contributed by atoms with E-state index >= 15 is 0 Å². The van der Waals surface area contributed by atoms with Gasteiger partial charge in [0.2, 0.25) is 0 Å². The van der Waals surface area contributed by atoms with Crippen LogP contribution in [0.5, 0.6) is 0 Å². The molecule has 0 spiro atoms. The van der Waals surface area contributed by atoms with Gasteiger partial charge < -0.3 is 56.8 Å². The van der Waals surface area contributed by atoms with Crippen LogP contribution in [-0.4, -0.2) is 102 Å². The fourth-order valence-electron chi connectivity index (χ4n) is 1.52. The number of carbonyl (C=O) groups is 8. The molecule has 52 heavy (non-hydrogen) atoms. The third-order valence-electron chi connectivity index (χ3n) is 3.22. The maximum Gasteiger partial charge on any atom is 0.518 e. The summed E-state index contributed by atoms with van der Waals surface area (Å²) < 4.78 is 50.8. The van der Waals surface area contributed by atoms with Crippen molar-refractivity contribution in [1.82, 2.24) is 0 Å². The van der Waals surface area contributed by atoms with Crippen LogP contribution in [0.4, 0.5) is 38.4 Å².